The van der Waals surface area contributed by atoms with Crippen molar-refractivity contribution in [1.82, 2.24) is 15.3 Å². The third-order valence-corrected chi connectivity index (χ3v) is 2.36. The summed E-state index contributed by atoms with van der Waals surface area (Å²) >= 11 is 0. The lowest BCUT2D eigenvalue weighted by Gasteiger charge is -2.00. The van der Waals surface area contributed by atoms with Gasteiger partial charge in [-0.25, -0.2) is 13.2 Å². The molecule has 2 heterocycles. The van der Waals surface area contributed by atoms with E-state index >= 15 is 0 Å². The lowest BCUT2D eigenvalue weighted by Crippen LogP contribution is -2.45. The summed E-state index contributed by atoms with van der Waals surface area (Å²) in [5, 5.41) is 20.6. The highest BCUT2D eigenvalue weighted by Crippen LogP contribution is 2.11. The molecule has 0 bridgehead atoms. The quantitative estimate of drug-likeness (QED) is 0.429. The average molecular weight is 328 g/mol. The average Bonchev–Trinajstić information content (AvgIpc) is 2.46. The third kappa shape index (κ3) is 6.30. The Kier molecular flexibility index (Phi) is 5.98. The third-order valence-electron chi connectivity index (χ3n) is 2.36. The van der Waals surface area contributed by atoms with E-state index in [0.29, 0.717) is 5.69 Å². The fraction of sp³-hybridized carbons (Fsp3) is 0.182. The minimum Gasteiger partial charge on any atom is -0.726 e. The van der Waals surface area contributed by atoms with Crippen molar-refractivity contribution >= 4 is 16.4 Å². The first-order chi connectivity index (χ1) is 10.2. The van der Waals surface area contributed by atoms with Crippen molar-refractivity contribution in [3.8, 4) is 11.3 Å². The van der Waals surface area contributed by atoms with Gasteiger partial charge in [0.25, 0.3) is 6.04 Å². The molecule has 2 aromatic rings. The maximum atomic E-state index is 10.8. The van der Waals surface area contributed by atoms with E-state index in [-0.39, 0.29) is 0 Å². The zero-order valence-electron chi connectivity index (χ0n) is 11.3. The molecule has 2 aromatic heterocycles. The van der Waals surface area contributed by atoms with Gasteiger partial charge in [-0.3, -0.25) is 4.55 Å². The monoisotopic (exact) mass is 328 g/mol. The topological polar surface area (TPSA) is 157 Å². The number of hydrogen-bond donors (Lipinski definition) is 2. The molecule has 0 spiro atoms. The van der Waals surface area contributed by atoms with Crippen molar-refractivity contribution in [1.29, 1.82) is 0 Å². The van der Waals surface area contributed by atoms with Crippen molar-refractivity contribution in [2.45, 2.75) is 13.0 Å². The van der Waals surface area contributed by atoms with Crippen LogP contribution >= 0.6 is 0 Å². The van der Waals surface area contributed by atoms with Gasteiger partial charge in [-0.15, -0.1) is 0 Å². The van der Waals surface area contributed by atoms with Crippen molar-refractivity contribution in [3.63, 3.8) is 0 Å². The predicted molar refractivity (Wildman–Crippen MR) is 70.1 cm³/mol. The first kappa shape index (κ1) is 17.6. The Hall–Kier alpha value is -2.50. The first-order valence-electron chi connectivity index (χ1n) is 5.75. The number of aliphatic carboxylic acids is 1. The number of nitrogens with zero attached hydrogens (tertiary/aromatic N) is 4. The Balaban J connectivity index is 0.000000422. The van der Waals surface area contributed by atoms with Crippen LogP contribution in [-0.2, 0) is 15.2 Å². The number of carboxylic acid groups (broad SMARTS) is 1. The lowest BCUT2D eigenvalue weighted by molar-refractivity contribution is -0.763. The zero-order chi connectivity index (χ0) is 16.8. The Morgan fingerprint density at radius 1 is 1.41 bits per heavy atom. The molecule has 0 amide bonds. The van der Waals surface area contributed by atoms with E-state index in [9.17, 15) is 4.79 Å². The molecule has 22 heavy (non-hydrogen) atoms. The molecule has 0 radical (unpaired) electrons. The van der Waals surface area contributed by atoms with Gasteiger partial charge >= 0.3 is 5.97 Å². The minimum absolute atomic E-state index is 0.689. The smallest absolute Gasteiger partial charge is 0.375 e. The molecule has 1 atom stereocenters. The van der Waals surface area contributed by atoms with Gasteiger partial charge in [0.05, 0.1) is 5.69 Å². The van der Waals surface area contributed by atoms with E-state index in [2.05, 4.69) is 15.3 Å². The summed E-state index contributed by atoms with van der Waals surface area (Å²) in [6.07, 6.45) is 4.78. The molecule has 0 fully saturated rings. The molecule has 0 aliphatic rings. The fourth-order valence-corrected chi connectivity index (χ4v) is 1.32. The zero-order valence-corrected chi connectivity index (χ0v) is 12.1. The van der Waals surface area contributed by atoms with Gasteiger partial charge in [0.1, 0.15) is 6.20 Å². The molecular weight excluding hydrogens is 316 g/mol. The van der Waals surface area contributed by atoms with Crippen molar-refractivity contribution in [3.05, 3.63) is 36.8 Å². The molecule has 0 saturated carbocycles. The Morgan fingerprint density at radius 2 is 2.05 bits per heavy atom. The van der Waals surface area contributed by atoms with Crippen LogP contribution in [0.25, 0.3) is 11.3 Å². The second-order valence-corrected chi connectivity index (χ2v) is 4.80. The lowest BCUT2D eigenvalue weighted by atomic mass is 10.2. The molecule has 10 nitrogen and oxygen atoms in total. The predicted octanol–water partition coefficient (Wildman–Crippen LogP) is -0.524. The van der Waals surface area contributed by atoms with Crippen molar-refractivity contribution in [2.75, 3.05) is 0 Å². The Labute approximate surface area is 125 Å². The fourth-order valence-electron chi connectivity index (χ4n) is 1.32. The largest absolute Gasteiger partial charge is 0.726 e. The highest BCUT2D eigenvalue weighted by Gasteiger charge is 2.22. The summed E-state index contributed by atoms with van der Waals surface area (Å²) in [5.41, 5.74) is 1.50. The maximum Gasteiger partial charge on any atom is 0.375 e. The van der Waals surface area contributed by atoms with E-state index < -0.39 is 22.4 Å². The van der Waals surface area contributed by atoms with E-state index in [4.69, 9.17) is 22.6 Å². The van der Waals surface area contributed by atoms with E-state index in [0.717, 1.165) is 5.56 Å². The van der Waals surface area contributed by atoms with Gasteiger partial charge in [0.15, 0.2) is 6.20 Å². The number of carboxylic acids is 1. The molecule has 0 aliphatic heterocycles. The summed E-state index contributed by atoms with van der Waals surface area (Å²) in [7, 11) is -4.92. The van der Waals surface area contributed by atoms with Crippen LogP contribution < -0.4 is 4.68 Å². The SMILES string of the molecule is CC(C(=O)O)[n+]1ccc(-c2cccnn2)cn1.O=S(=O)([O-])O. The Morgan fingerprint density at radius 3 is 2.45 bits per heavy atom. The molecule has 2 rings (SSSR count). The maximum absolute atomic E-state index is 10.8. The highest BCUT2D eigenvalue weighted by molar-refractivity contribution is 7.79. The van der Waals surface area contributed by atoms with Gasteiger partial charge < -0.3 is 9.66 Å². The van der Waals surface area contributed by atoms with Crippen LogP contribution in [0.4, 0.5) is 0 Å². The second-order valence-electron chi connectivity index (χ2n) is 3.95. The van der Waals surface area contributed by atoms with Crippen LogP contribution in [-0.4, -0.2) is 43.9 Å². The highest BCUT2D eigenvalue weighted by atomic mass is 32.3. The van der Waals surface area contributed by atoms with Crippen LogP contribution in [0.1, 0.15) is 13.0 Å². The molecule has 11 heteroatoms. The number of rotatable bonds is 3. The van der Waals surface area contributed by atoms with Crippen molar-refractivity contribution in [2.24, 2.45) is 0 Å². The summed E-state index contributed by atoms with van der Waals surface area (Å²) in [5.74, 6) is -0.922. The van der Waals surface area contributed by atoms with Crippen LogP contribution in [0, 0.1) is 0 Å². The number of carbonyl (C=O) groups is 1. The van der Waals surface area contributed by atoms with Crippen LogP contribution in [0.2, 0.25) is 0 Å². The van der Waals surface area contributed by atoms with Gasteiger partial charge in [-0.1, -0.05) is 4.68 Å². The number of hydrogen-bond acceptors (Lipinski definition) is 7. The Bertz CT molecular complexity index is 712. The first-order valence-corrected chi connectivity index (χ1v) is 7.11. The molecule has 0 aromatic carbocycles. The summed E-state index contributed by atoms with van der Waals surface area (Å²) in [4.78, 5) is 10.8. The van der Waals surface area contributed by atoms with E-state index in [1.54, 1.807) is 37.6 Å². The van der Waals surface area contributed by atoms with Crippen LogP contribution in [0.3, 0.4) is 0 Å². The van der Waals surface area contributed by atoms with Gasteiger partial charge in [0, 0.05) is 24.8 Å². The van der Waals surface area contributed by atoms with Crippen LogP contribution in [0.15, 0.2) is 36.8 Å². The van der Waals surface area contributed by atoms with Gasteiger partial charge in [-0.2, -0.15) is 10.2 Å². The molecule has 0 aliphatic carbocycles. The summed E-state index contributed by atoms with van der Waals surface area (Å²) in [6, 6.07) is 4.67. The molecule has 1 unspecified atom stereocenters. The van der Waals surface area contributed by atoms with Crippen molar-refractivity contribution < 1.29 is 32.1 Å². The van der Waals surface area contributed by atoms with Gasteiger partial charge in [-0.05, 0) is 17.2 Å². The summed E-state index contributed by atoms with van der Waals surface area (Å²) in [6.45, 7) is 1.57. The van der Waals surface area contributed by atoms with E-state index in [1.807, 2.05) is 6.07 Å². The molecule has 0 saturated heterocycles. The minimum atomic E-state index is -4.92. The normalized spacial score (nSPS) is 12.0. The standard InChI is InChI=1S/C11H10N4O2.H2O4S/c1-8(11(16)17)15-6-4-9(7-13-15)10-3-2-5-12-14-10;1-5(2,3)4/h2-8H,1H3;(H2,1,2,3,4). The van der Waals surface area contributed by atoms with E-state index in [1.165, 1.54) is 4.68 Å². The molecule has 2 N–H and O–H groups in total. The van der Waals surface area contributed by atoms with Gasteiger partial charge in [0.2, 0.25) is 10.4 Å². The van der Waals surface area contributed by atoms with Crippen LogP contribution in [0.5, 0.6) is 0 Å². The molecule has 118 valence electrons. The molecular formula is C11H12N4O6S. The number of aromatic nitrogens is 4. The summed E-state index contributed by atoms with van der Waals surface area (Å²) < 4.78 is 34.2. The second kappa shape index (κ2) is 7.49.